The highest BCUT2D eigenvalue weighted by molar-refractivity contribution is 5.84. The van der Waals surface area contributed by atoms with Gasteiger partial charge in [-0.05, 0) is 19.8 Å². The fraction of sp³-hybridized carbons (Fsp3) is 0.926. The van der Waals surface area contributed by atoms with E-state index in [1.54, 1.807) is 6.92 Å². The van der Waals surface area contributed by atoms with Crippen molar-refractivity contribution in [1.29, 1.82) is 0 Å². The highest BCUT2D eigenvalue weighted by Gasteiger charge is 2.16. The van der Waals surface area contributed by atoms with Crippen LogP contribution in [0.1, 0.15) is 149 Å². The molecule has 0 radical (unpaired) electrons. The second-order valence-corrected chi connectivity index (χ2v) is 9.22. The van der Waals surface area contributed by atoms with E-state index in [1.807, 2.05) is 0 Å². The van der Waals surface area contributed by atoms with Crippen LogP contribution in [0, 0.1) is 0 Å². The summed E-state index contributed by atoms with van der Waals surface area (Å²) >= 11 is 0. The number of carbonyl (C=O) groups is 2. The van der Waals surface area contributed by atoms with Gasteiger partial charge in [0.1, 0.15) is 6.04 Å². The molecule has 0 aliphatic heterocycles. The molecule has 0 spiro atoms. The molecule has 0 bridgehead atoms. The number of nitrogens with one attached hydrogen (secondary N) is 1. The van der Waals surface area contributed by atoms with Gasteiger partial charge in [-0.25, -0.2) is 4.79 Å². The average molecular weight is 440 g/mol. The molecule has 0 aromatic rings. The Morgan fingerprint density at radius 3 is 1.45 bits per heavy atom. The van der Waals surface area contributed by atoms with Gasteiger partial charge >= 0.3 is 5.97 Å². The Balaban J connectivity index is 3.40. The summed E-state index contributed by atoms with van der Waals surface area (Å²) in [7, 11) is 0. The van der Waals surface area contributed by atoms with Crippen LogP contribution >= 0.6 is 0 Å². The second-order valence-electron chi connectivity index (χ2n) is 9.22. The third kappa shape index (κ3) is 21.9. The van der Waals surface area contributed by atoms with Crippen molar-refractivity contribution >= 4 is 11.9 Å². The molecule has 0 aliphatic rings. The van der Waals surface area contributed by atoms with Crippen molar-refractivity contribution < 1.29 is 14.3 Å². The summed E-state index contributed by atoms with van der Waals surface area (Å²) in [5.41, 5.74) is 0. The molecule has 4 nitrogen and oxygen atoms in total. The van der Waals surface area contributed by atoms with Gasteiger partial charge in [-0.3, -0.25) is 4.79 Å². The van der Waals surface area contributed by atoms with E-state index in [0.29, 0.717) is 13.0 Å². The van der Waals surface area contributed by atoms with Crippen LogP contribution in [0.25, 0.3) is 0 Å². The number of amides is 1. The van der Waals surface area contributed by atoms with Gasteiger partial charge < -0.3 is 10.1 Å². The normalized spacial score (nSPS) is 12.0. The largest absolute Gasteiger partial charge is 0.464 e. The third-order valence-electron chi connectivity index (χ3n) is 5.98. The van der Waals surface area contributed by atoms with Crippen LogP contribution in [-0.4, -0.2) is 24.5 Å². The molecule has 1 N–H and O–H groups in total. The molecule has 0 aromatic carbocycles. The van der Waals surface area contributed by atoms with E-state index in [0.717, 1.165) is 25.7 Å². The zero-order valence-corrected chi connectivity index (χ0v) is 21.2. The topological polar surface area (TPSA) is 55.4 Å². The summed E-state index contributed by atoms with van der Waals surface area (Å²) in [6, 6.07) is -0.546. The first-order valence-electron chi connectivity index (χ1n) is 13.6. The van der Waals surface area contributed by atoms with Crippen molar-refractivity contribution in [3.8, 4) is 0 Å². The summed E-state index contributed by atoms with van der Waals surface area (Å²) in [5.74, 6) is -0.355. The minimum atomic E-state index is -0.546. The molecule has 1 atom stereocenters. The number of hydrogen-bond donors (Lipinski definition) is 1. The van der Waals surface area contributed by atoms with Crippen LogP contribution in [0.15, 0.2) is 0 Å². The van der Waals surface area contributed by atoms with Gasteiger partial charge in [0.15, 0.2) is 0 Å². The predicted molar refractivity (Wildman–Crippen MR) is 132 cm³/mol. The zero-order chi connectivity index (χ0) is 23.0. The van der Waals surface area contributed by atoms with E-state index >= 15 is 0 Å². The second kappa shape index (κ2) is 23.6. The van der Waals surface area contributed by atoms with Gasteiger partial charge in [0, 0.05) is 6.42 Å². The maximum Gasteiger partial charge on any atom is 0.328 e. The lowest BCUT2D eigenvalue weighted by Gasteiger charge is -2.13. The van der Waals surface area contributed by atoms with Crippen molar-refractivity contribution in [2.24, 2.45) is 0 Å². The highest BCUT2D eigenvalue weighted by Crippen LogP contribution is 2.13. The van der Waals surface area contributed by atoms with Crippen LogP contribution < -0.4 is 5.32 Å². The van der Waals surface area contributed by atoms with Crippen molar-refractivity contribution in [2.75, 3.05) is 6.61 Å². The number of unbranched alkanes of at least 4 members (excludes halogenated alkanes) is 17. The van der Waals surface area contributed by atoms with E-state index in [-0.39, 0.29) is 11.9 Å². The lowest BCUT2D eigenvalue weighted by molar-refractivity contribution is -0.147. The summed E-state index contributed by atoms with van der Waals surface area (Å²) in [6.45, 7) is 6.63. The summed E-state index contributed by atoms with van der Waals surface area (Å²) in [5, 5.41) is 2.76. The minimum absolute atomic E-state index is 0.0440. The zero-order valence-electron chi connectivity index (χ0n) is 21.2. The number of hydrogen-bond acceptors (Lipinski definition) is 3. The van der Waals surface area contributed by atoms with Gasteiger partial charge in [-0.15, -0.1) is 0 Å². The van der Waals surface area contributed by atoms with E-state index in [1.165, 1.54) is 96.3 Å². The molecule has 0 aliphatic carbocycles. The van der Waals surface area contributed by atoms with Gasteiger partial charge in [0.25, 0.3) is 0 Å². The quantitative estimate of drug-likeness (QED) is 0.130. The molecule has 31 heavy (non-hydrogen) atoms. The number of carbonyl (C=O) groups excluding carboxylic acids is 2. The third-order valence-corrected chi connectivity index (χ3v) is 5.98. The van der Waals surface area contributed by atoms with Gasteiger partial charge in [-0.2, -0.15) is 0 Å². The number of esters is 1. The number of rotatable bonds is 23. The Bertz CT molecular complexity index is 411. The van der Waals surface area contributed by atoms with Crippen LogP contribution in [0.2, 0.25) is 0 Å². The van der Waals surface area contributed by atoms with Gasteiger partial charge in [0.05, 0.1) is 6.61 Å². The van der Waals surface area contributed by atoms with Crippen LogP contribution in [-0.2, 0) is 14.3 Å². The van der Waals surface area contributed by atoms with Crippen molar-refractivity contribution in [3.63, 3.8) is 0 Å². The monoisotopic (exact) mass is 439 g/mol. The van der Waals surface area contributed by atoms with E-state index in [4.69, 9.17) is 4.74 Å². The summed E-state index contributed by atoms with van der Waals surface area (Å²) in [6.07, 6.45) is 24.5. The van der Waals surface area contributed by atoms with E-state index < -0.39 is 6.04 Å². The average Bonchev–Trinajstić information content (AvgIpc) is 2.76. The lowest BCUT2D eigenvalue weighted by Crippen LogP contribution is -2.39. The van der Waals surface area contributed by atoms with E-state index in [2.05, 4.69) is 19.2 Å². The van der Waals surface area contributed by atoms with Gasteiger partial charge in [-0.1, -0.05) is 123 Å². The molecule has 4 heteroatoms. The molecule has 0 aromatic heterocycles. The first-order valence-corrected chi connectivity index (χ1v) is 13.6. The smallest absolute Gasteiger partial charge is 0.328 e. The molecule has 0 heterocycles. The first kappa shape index (κ1) is 29.9. The Kier molecular flexibility index (Phi) is 22.8. The van der Waals surface area contributed by atoms with Crippen LogP contribution in [0.4, 0.5) is 0 Å². The summed E-state index contributed by atoms with van der Waals surface area (Å²) < 4.78 is 5.32. The molecule has 1 unspecified atom stereocenters. The predicted octanol–water partition coefficient (Wildman–Crippen LogP) is 7.88. The lowest BCUT2D eigenvalue weighted by atomic mass is 10.0. The molecule has 0 saturated heterocycles. The molecule has 0 fully saturated rings. The van der Waals surface area contributed by atoms with Crippen molar-refractivity contribution in [3.05, 3.63) is 0 Å². The standard InChI is InChI=1S/C27H53NO3/c1-4-6-8-10-11-12-13-14-15-16-17-18-20-22-24-31-27(30)25(3)28-26(29)23-21-19-9-7-5-2/h25H,4-24H2,1-3H3,(H,28,29). The fourth-order valence-electron chi connectivity index (χ4n) is 3.86. The molecule has 1 amide bonds. The van der Waals surface area contributed by atoms with Gasteiger partial charge in [0.2, 0.25) is 5.91 Å². The Hall–Kier alpha value is -1.06. The maximum atomic E-state index is 12.0. The molecule has 0 rings (SSSR count). The fourth-order valence-corrected chi connectivity index (χ4v) is 3.86. The minimum Gasteiger partial charge on any atom is -0.464 e. The Morgan fingerprint density at radius 2 is 1.00 bits per heavy atom. The Morgan fingerprint density at radius 1 is 0.613 bits per heavy atom. The van der Waals surface area contributed by atoms with Crippen LogP contribution in [0.5, 0.6) is 0 Å². The Labute approximate surface area is 193 Å². The summed E-state index contributed by atoms with van der Waals surface area (Å²) in [4.78, 5) is 23.9. The molecular formula is C27H53NO3. The molecule has 184 valence electrons. The van der Waals surface area contributed by atoms with Crippen molar-refractivity contribution in [1.82, 2.24) is 5.32 Å². The molecular weight excluding hydrogens is 386 g/mol. The SMILES string of the molecule is CCCCCCCCCCCCCCCCOC(=O)C(C)NC(=O)CCCCCCC. The maximum absolute atomic E-state index is 12.0. The van der Waals surface area contributed by atoms with Crippen molar-refractivity contribution in [2.45, 2.75) is 155 Å². The molecule has 0 saturated carbocycles. The van der Waals surface area contributed by atoms with E-state index in [9.17, 15) is 9.59 Å². The first-order chi connectivity index (χ1) is 15.1. The van der Waals surface area contributed by atoms with Crippen LogP contribution in [0.3, 0.4) is 0 Å². The number of ether oxygens (including phenoxy) is 1. The highest BCUT2D eigenvalue weighted by atomic mass is 16.5.